The summed E-state index contributed by atoms with van der Waals surface area (Å²) in [4.78, 5) is 23.3. The predicted molar refractivity (Wildman–Crippen MR) is 85.8 cm³/mol. The molecule has 0 aliphatic rings. The number of rotatable bonds is 10. The molecule has 0 radical (unpaired) electrons. The summed E-state index contributed by atoms with van der Waals surface area (Å²) in [6, 6.07) is 4.18. The van der Waals surface area contributed by atoms with Crippen LogP contribution in [0.3, 0.4) is 0 Å². The summed E-state index contributed by atoms with van der Waals surface area (Å²) in [5, 5.41) is 11.0. The molecule has 0 heterocycles. The number of hydrogen-bond acceptors (Lipinski definition) is 5. The molecule has 0 spiro atoms. The number of hydrogen-bond donors (Lipinski definition) is 2. The van der Waals surface area contributed by atoms with Gasteiger partial charge in [-0.2, -0.15) is 0 Å². The first-order valence-corrected chi connectivity index (χ1v) is 9.17. The van der Waals surface area contributed by atoms with Gasteiger partial charge in [-0.05, 0) is 38.0 Å². The van der Waals surface area contributed by atoms with Crippen LogP contribution in [0.5, 0.6) is 0 Å². The number of halogens is 1. The number of ketones is 1. The van der Waals surface area contributed by atoms with Crippen LogP contribution in [0, 0.1) is 5.82 Å². The average Bonchev–Trinajstić information content (AvgIpc) is 2.48. The van der Waals surface area contributed by atoms with Crippen LogP contribution in [0.25, 0.3) is 0 Å². The van der Waals surface area contributed by atoms with Crippen molar-refractivity contribution in [2.45, 2.75) is 26.3 Å². The van der Waals surface area contributed by atoms with Gasteiger partial charge in [-0.1, -0.05) is 12.1 Å². The van der Waals surface area contributed by atoms with Crippen LogP contribution in [0.2, 0.25) is 0 Å². The average molecular weight is 361 g/mol. The third-order valence-corrected chi connectivity index (χ3v) is 5.04. The fourth-order valence-corrected chi connectivity index (χ4v) is 3.72. The highest BCUT2D eigenvalue weighted by atomic mass is 31.2. The molecule has 0 saturated carbocycles. The minimum absolute atomic E-state index is 0.00363. The molecule has 0 saturated heterocycles. The van der Waals surface area contributed by atoms with E-state index in [2.05, 4.69) is 5.32 Å². The van der Waals surface area contributed by atoms with Crippen molar-refractivity contribution in [2.24, 2.45) is 0 Å². The van der Waals surface area contributed by atoms with E-state index in [1.54, 1.807) is 13.8 Å². The van der Waals surface area contributed by atoms with Gasteiger partial charge in [0.1, 0.15) is 12.0 Å². The summed E-state index contributed by atoms with van der Waals surface area (Å²) in [5.41, 5.74) is 0.561. The lowest BCUT2D eigenvalue weighted by molar-refractivity contribution is -0.118. The minimum atomic E-state index is -3.63. The first-order chi connectivity index (χ1) is 11.3. The maximum atomic E-state index is 12.9. The standard InChI is InChI=1S/C15H21FNO6P/c1-3-22-24(21,23-4-2)10-14(18)13(17-15(19)20)9-11-5-7-12(16)8-6-11/h5-8,13,17H,3-4,9-10H2,1-2H3,(H,19,20). The zero-order valence-electron chi connectivity index (χ0n) is 13.5. The van der Waals surface area contributed by atoms with Crippen molar-refractivity contribution >= 4 is 19.5 Å². The molecule has 1 amide bonds. The van der Waals surface area contributed by atoms with Crippen molar-refractivity contribution in [3.63, 3.8) is 0 Å². The van der Waals surface area contributed by atoms with Crippen molar-refractivity contribution in [1.29, 1.82) is 0 Å². The first kappa shape index (κ1) is 20.3. The van der Waals surface area contributed by atoms with Gasteiger partial charge in [0.25, 0.3) is 0 Å². The number of amides is 1. The van der Waals surface area contributed by atoms with Gasteiger partial charge in [-0.15, -0.1) is 0 Å². The molecule has 9 heteroatoms. The van der Waals surface area contributed by atoms with Gasteiger partial charge in [-0.25, -0.2) is 9.18 Å². The predicted octanol–water partition coefficient (Wildman–Crippen LogP) is 2.84. The Hall–Kier alpha value is -1.76. The summed E-state index contributed by atoms with van der Waals surface area (Å²) >= 11 is 0. The van der Waals surface area contributed by atoms with E-state index in [1.165, 1.54) is 24.3 Å². The van der Waals surface area contributed by atoms with Gasteiger partial charge < -0.3 is 19.5 Å². The molecule has 1 aromatic rings. The quantitative estimate of drug-likeness (QED) is 0.622. The molecule has 2 N–H and O–H groups in total. The van der Waals surface area contributed by atoms with Crippen LogP contribution in [0.4, 0.5) is 9.18 Å². The van der Waals surface area contributed by atoms with Crippen LogP contribution in [0.15, 0.2) is 24.3 Å². The summed E-state index contributed by atoms with van der Waals surface area (Å²) in [5.74, 6) is -1.06. The van der Waals surface area contributed by atoms with Crippen LogP contribution in [-0.2, 0) is 24.8 Å². The number of benzene rings is 1. The highest BCUT2D eigenvalue weighted by Gasteiger charge is 2.32. The van der Waals surface area contributed by atoms with Crippen molar-refractivity contribution in [3.8, 4) is 0 Å². The van der Waals surface area contributed by atoms with Gasteiger partial charge in [-0.3, -0.25) is 9.36 Å². The number of carboxylic acid groups (broad SMARTS) is 1. The van der Waals surface area contributed by atoms with Gasteiger partial charge in [0, 0.05) is 0 Å². The minimum Gasteiger partial charge on any atom is -0.465 e. The van der Waals surface area contributed by atoms with Crippen molar-refractivity contribution in [1.82, 2.24) is 5.32 Å². The van der Waals surface area contributed by atoms with Crippen LogP contribution in [-0.4, -0.2) is 42.4 Å². The second kappa shape index (κ2) is 9.52. The Morgan fingerprint density at radius 1 is 1.21 bits per heavy atom. The highest BCUT2D eigenvalue weighted by molar-refractivity contribution is 7.54. The molecule has 24 heavy (non-hydrogen) atoms. The van der Waals surface area contributed by atoms with E-state index < -0.39 is 37.5 Å². The summed E-state index contributed by atoms with van der Waals surface area (Å²) in [7, 11) is -3.63. The molecular weight excluding hydrogens is 340 g/mol. The Labute approximate surface area is 139 Å². The summed E-state index contributed by atoms with van der Waals surface area (Å²) in [6.07, 6.45) is -1.93. The van der Waals surface area contributed by atoms with Crippen molar-refractivity contribution < 1.29 is 32.7 Å². The van der Waals surface area contributed by atoms with Gasteiger partial charge in [0.15, 0.2) is 5.78 Å². The molecule has 0 aromatic heterocycles. The second-order valence-electron chi connectivity index (χ2n) is 4.90. The van der Waals surface area contributed by atoms with Crippen molar-refractivity contribution in [3.05, 3.63) is 35.6 Å². The van der Waals surface area contributed by atoms with Gasteiger partial charge in [0.05, 0.1) is 19.3 Å². The molecule has 0 bridgehead atoms. The zero-order chi connectivity index (χ0) is 18.2. The lowest BCUT2D eigenvalue weighted by Gasteiger charge is -2.20. The molecular formula is C15H21FNO6P. The number of Topliss-reactive ketones (excluding diaryl/α,β-unsaturated/α-hetero) is 1. The normalized spacial score (nSPS) is 12.6. The van der Waals surface area contributed by atoms with Crippen LogP contribution >= 0.6 is 7.60 Å². The second-order valence-corrected chi connectivity index (χ2v) is 6.96. The third kappa shape index (κ3) is 6.78. The number of carbonyl (C=O) groups excluding carboxylic acids is 1. The van der Waals surface area contributed by atoms with E-state index in [0.717, 1.165) is 0 Å². The Morgan fingerprint density at radius 3 is 2.21 bits per heavy atom. The molecule has 7 nitrogen and oxygen atoms in total. The van der Waals surface area contributed by atoms with E-state index in [1.807, 2.05) is 0 Å². The molecule has 1 aromatic carbocycles. The number of carbonyl (C=O) groups is 2. The summed E-state index contributed by atoms with van der Waals surface area (Å²) in [6.45, 7) is 3.42. The summed E-state index contributed by atoms with van der Waals surface area (Å²) < 4.78 is 35.5. The molecule has 1 rings (SSSR count). The van der Waals surface area contributed by atoms with E-state index in [9.17, 15) is 18.5 Å². The fraction of sp³-hybridized carbons (Fsp3) is 0.467. The van der Waals surface area contributed by atoms with Crippen LogP contribution < -0.4 is 5.32 Å². The van der Waals surface area contributed by atoms with E-state index in [-0.39, 0.29) is 19.6 Å². The number of nitrogens with one attached hydrogen (secondary N) is 1. The Bertz CT molecular complexity index is 596. The maximum absolute atomic E-state index is 12.9. The molecule has 134 valence electrons. The Morgan fingerprint density at radius 2 is 1.75 bits per heavy atom. The molecule has 1 unspecified atom stereocenters. The fourth-order valence-electron chi connectivity index (χ4n) is 2.07. The SMILES string of the molecule is CCOP(=O)(CC(=O)C(Cc1ccc(F)cc1)NC(=O)O)OCC. The largest absolute Gasteiger partial charge is 0.465 e. The third-order valence-electron chi connectivity index (χ3n) is 3.04. The first-order valence-electron chi connectivity index (χ1n) is 7.44. The van der Waals surface area contributed by atoms with E-state index in [4.69, 9.17) is 14.2 Å². The Kier molecular flexibility index (Phi) is 8.04. The monoisotopic (exact) mass is 361 g/mol. The topological polar surface area (TPSA) is 102 Å². The molecule has 0 fully saturated rings. The molecule has 0 aliphatic heterocycles. The maximum Gasteiger partial charge on any atom is 0.405 e. The van der Waals surface area contributed by atoms with Gasteiger partial charge in [0.2, 0.25) is 0 Å². The zero-order valence-corrected chi connectivity index (χ0v) is 14.4. The molecule has 1 atom stereocenters. The van der Waals surface area contributed by atoms with E-state index >= 15 is 0 Å². The lowest BCUT2D eigenvalue weighted by atomic mass is 10.0. The molecule has 0 aliphatic carbocycles. The van der Waals surface area contributed by atoms with Crippen LogP contribution in [0.1, 0.15) is 19.4 Å². The lowest BCUT2D eigenvalue weighted by Crippen LogP contribution is -2.43. The highest BCUT2D eigenvalue weighted by Crippen LogP contribution is 2.48. The smallest absolute Gasteiger partial charge is 0.405 e. The van der Waals surface area contributed by atoms with E-state index in [0.29, 0.717) is 5.56 Å². The van der Waals surface area contributed by atoms with Gasteiger partial charge >= 0.3 is 13.7 Å². The van der Waals surface area contributed by atoms with Crippen molar-refractivity contribution in [2.75, 3.05) is 19.4 Å². The Balaban J connectivity index is 2.89.